The molecule has 1 aliphatic rings. The normalized spacial score (nSPS) is 13.4. The molecule has 0 bridgehead atoms. The van der Waals surface area contributed by atoms with Crippen LogP contribution in [0.4, 0.5) is 5.69 Å². The summed E-state index contributed by atoms with van der Waals surface area (Å²) in [6.07, 6.45) is 0. The summed E-state index contributed by atoms with van der Waals surface area (Å²) in [4.78, 5) is 7.17. The van der Waals surface area contributed by atoms with Crippen LogP contribution in [-0.2, 0) is 0 Å². The van der Waals surface area contributed by atoms with Crippen LogP contribution < -0.4 is 0 Å². The number of hydrogen-bond acceptors (Lipinski definition) is 2. The van der Waals surface area contributed by atoms with Gasteiger partial charge in [-0.15, -0.1) is 0 Å². The average molecular weight is 337 g/mol. The number of nitrogens with zero attached hydrogens (tertiary/aromatic N) is 1. The van der Waals surface area contributed by atoms with Crippen LogP contribution >= 0.6 is 34.4 Å². The summed E-state index contributed by atoms with van der Waals surface area (Å²) in [5, 5.41) is 0. The molecule has 1 nitrogen and oxygen atoms in total. The lowest BCUT2D eigenvalue weighted by Crippen LogP contribution is -1.90. The lowest BCUT2D eigenvalue weighted by molar-refractivity contribution is 1.38. The second-order valence-corrected chi connectivity index (χ2v) is 5.57. The van der Waals surface area contributed by atoms with Crippen LogP contribution in [0.3, 0.4) is 0 Å². The van der Waals surface area contributed by atoms with Gasteiger partial charge in [0.05, 0.1) is 5.69 Å². The van der Waals surface area contributed by atoms with E-state index in [1.807, 2.05) is 6.07 Å². The van der Waals surface area contributed by atoms with Gasteiger partial charge in [-0.05, 0) is 40.8 Å². The SMILES string of the molecule is IC1=Nc2ccccc2Sc2ccccc21. The highest BCUT2D eigenvalue weighted by Crippen LogP contribution is 2.40. The molecule has 0 saturated heterocycles. The van der Waals surface area contributed by atoms with Gasteiger partial charge < -0.3 is 0 Å². The Kier molecular flexibility index (Phi) is 2.73. The number of fused-ring (bicyclic) bond motifs is 2. The van der Waals surface area contributed by atoms with Crippen LogP contribution in [0.2, 0.25) is 0 Å². The van der Waals surface area contributed by atoms with Crippen molar-refractivity contribution in [3.8, 4) is 0 Å². The Labute approximate surface area is 112 Å². The van der Waals surface area contributed by atoms with Crippen molar-refractivity contribution < 1.29 is 0 Å². The van der Waals surface area contributed by atoms with Crippen LogP contribution in [0.1, 0.15) is 5.56 Å². The molecule has 0 amide bonds. The van der Waals surface area contributed by atoms with E-state index >= 15 is 0 Å². The van der Waals surface area contributed by atoms with E-state index in [1.165, 1.54) is 15.4 Å². The molecule has 2 aromatic carbocycles. The Morgan fingerprint density at radius 1 is 0.875 bits per heavy atom. The first-order valence-electron chi connectivity index (χ1n) is 4.95. The molecule has 2 aromatic rings. The predicted molar refractivity (Wildman–Crippen MR) is 77.2 cm³/mol. The largest absolute Gasteiger partial charge is 0.241 e. The zero-order chi connectivity index (χ0) is 11.0. The average Bonchev–Trinajstić information content (AvgIpc) is 2.45. The monoisotopic (exact) mass is 337 g/mol. The lowest BCUT2D eigenvalue weighted by Gasteiger charge is -2.03. The fourth-order valence-electron chi connectivity index (χ4n) is 1.65. The van der Waals surface area contributed by atoms with E-state index in [1.54, 1.807) is 11.8 Å². The molecular weight excluding hydrogens is 329 g/mol. The summed E-state index contributed by atoms with van der Waals surface area (Å²) in [5.74, 6) is 0. The van der Waals surface area contributed by atoms with Gasteiger partial charge >= 0.3 is 0 Å². The van der Waals surface area contributed by atoms with Crippen molar-refractivity contribution in [1.82, 2.24) is 0 Å². The molecule has 0 aromatic heterocycles. The van der Waals surface area contributed by atoms with Gasteiger partial charge in [-0.2, -0.15) is 0 Å². The Morgan fingerprint density at radius 3 is 2.44 bits per heavy atom. The zero-order valence-electron chi connectivity index (χ0n) is 8.35. The molecular formula is C13H8INS. The van der Waals surface area contributed by atoms with E-state index in [0.717, 1.165) is 9.41 Å². The minimum absolute atomic E-state index is 1.06. The summed E-state index contributed by atoms with van der Waals surface area (Å²) in [5.41, 5.74) is 2.29. The molecule has 0 N–H and O–H groups in total. The lowest BCUT2D eigenvalue weighted by atomic mass is 10.2. The fourth-order valence-corrected chi connectivity index (χ4v) is 3.58. The van der Waals surface area contributed by atoms with Gasteiger partial charge in [-0.1, -0.05) is 42.1 Å². The van der Waals surface area contributed by atoms with Crippen molar-refractivity contribution in [3.63, 3.8) is 0 Å². The van der Waals surface area contributed by atoms with Crippen LogP contribution in [0.5, 0.6) is 0 Å². The Balaban J connectivity index is 2.25. The summed E-state index contributed by atoms with van der Waals surface area (Å²) >= 11 is 4.09. The molecule has 16 heavy (non-hydrogen) atoms. The van der Waals surface area contributed by atoms with Gasteiger partial charge in [-0.25, -0.2) is 4.99 Å². The summed E-state index contributed by atoms with van der Waals surface area (Å²) in [6.45, 7) is 0. The molecule has 0 spiro atoms. The number of para-hydroxylation sites is 1. The zero-order valence-corrected chi connectivity index (χ0v) is 11.3. The van der Waals surface area contributed by atoms with Gasteiger partial charge in [0.15, 0.2) is 0 Å². The highest BCUT2D eigenvalue weighted by atomic mass is 127. The first kappa shape index (κ1) is 10.4. The predicted octanol–water partition coefficient (Wildman–Crippen LogP) is 4.66. The number of benzene rings is 2. The second-order valence-electron chi connectivity index (χ2n) is 3.47. The van der Waals surface area contributed by atoms with E-state index < -0.39 is 0 Å². The first-order valence-corrected chi connectivity index (χ1v) is 6.84. The Hall–Kier alpha value is -0.810. The van der Waals surface area contributed by atoms with Crippen molar-refractivity contribution in [1.29, 1.82) is 0 Å². The highest BCUT2D eigenvalue weighted by Gasteiger charge is 2.14. The third kappa shape index (κ3) is 1.78. The number of aliphatic imine (C=N–C) groups is 1. The maximum absolute atomic E-state index is 4.66. The molecule has 1 aliphatic heterocycles. The second kappa shape index (κ2) is 4.22. The van der Waals surface area contributed by atoms with E-state index in [0.29, 0.717) is 0 Å². The van der Waals surface area contributed by atoms with Crippen molar-refractivity contribution >= 4 is 43.8 Å². The molecule has 0 fully saturated rings. The van der Waals surface area contributed by atoms with Crippen LogP contribution in [0.15, 0.2) is 63.3 Å². The van der Waals surface area contributed by atoms with Gasteiger partial charge in [-0.3, -0.25) is 0 Å². The summed E-state index contributed by atoms with van der Waals surface area (Å²) < 4.78 is 1.06. The van der Waals surface area contributed by atoms with Crippen molar-refractivity contribution in [2.24, 2.45) is 4.99 Å². The Morgan fingerprint density at radius 2 is 1.56 bits per heavy atom. The quantitative estimate of drug-likeness (QED) is 0.637. The smallest absolute Gasteiger partial charge is 0.110 e. The molecule has 0 saturated carbocycles. The van der Waals surface area contributed by atoms with Crippen molar-refractivity contribution in [2.75, 3.05) is 0 Å². The third-order valence-corrected chi connectivity index (χ3v) is 4.38. The maximum atomic E-state index is 4.66. The first-order chi connectivity index (χ1) is 7.84. The minimum atomic E-state index is 1.06. The number of rotatable bonds is 0. The van der Waals surface area contributed by atoms with Gasteiger partial charge in [0.1, 0.15) is 3.72 Å². The van der Waals surface area contributed by atoms with Crippen LogP contribution in [-0.4, -0.2) is 3.72 Å². The highest BCUT2D eigenvalue weighted by molar-refractivity contribution is 14.1. The minimum Gasteiger partial charge on any atom is -0.241 e. The molecule has 3 rings (SSSR count). The van der Waals surface area contributed by atoms with Gasteiger partial charge in [0, 0.05) is 15.4 Å². The van der Waals surface area contributed by atoms with E-state index in [2.05, 4.69) is 70.0 Å². The topological polar surface area (TPSA) is 12.4 Å². The summed E-state index contributed by atoms with van der Waals surface area (Å²) in [7, 11) is 0. The van der Waals surface area contributed by atoms with E-state index in [9.17, 15) is 0 Å². The van der Waals surface area contributed by atoms with E-state index in [4.69, 9.17) is 0 Å². The van der Waals surface area contributed by atoms with Gasteiger partial charge in [0.2, 0.25) is 0 Å². The van der Waals surface area contributed by atoms with Crippen LogP contribution in [0, 0.1) is 0 Å². The fraction of sp³-hybridized carbons (Fsp3) is 0. The molecule has 0 unspecified atom stereocenters. The molecule has 1 heterocycles. The molecule has 3 heteroatoms. The van der Waals surface area contributed by atoms with Crippen LogP contribution in [0.25, 0.3) is 0 Å². The number of halogens is 1. The van der Waals surface area contributed by atoms with E-state index in [-0.39, 0.29) is 0 Å². The number of hydrogen-bond donors (Lipinski definition) is 0. The van der Waals surface area contributed by atoms with Gasteiger partial charge in [0.25, 0.3) is 0 Å². The van der Waals surface area contributed by atoms with Crippen molar-refractivity contribution in [2.45, 2.75) is 9.79 Å². The maximum Gasteiger partial charge on any atom is 0.110 e. The molecule has 78 valence electrons. The Bertz CT molecular complexity index is 578. The van der Waals surface area contributed by atoms with Crippen molar-refractivity contribution in [3.05, 3.63) is 54.1 Å². The molecule has 0 atom stereocenters. The molecule has 0 radical (unpaired) electrons. The third-order valence-electron chi connectivity index (χ3n) is 2.41. The summed E-state index contributed by atoms with van der Waals surface area (Å²) in [6, 6.07) is 16.7. The molecule has 0 aliphatic carbocycles. The standard InChI is InChI=1S/C13H8INS/c14-13-9-5-1-3-7-11(9)16-12-8-4-2-6-10(12)15-13/h1-8H.